The third kappa shape index (κ3) is 8.42. The fourth-order valence-corrected chi connectivity index (χ4v) is 2.68. The van der Waals surface area contributed by atoms with Crippen molar-refractivity contribution >= 4 is 5.97 Å². The van der Waals surface area contributed by atoms with E-state index in [4.69, 9.17) is 14.2 Å². The van der Waals surface area contributed by atoms with Gasteiger partial charge in [0.15, 0.2) is 0 Å². The monoisotopic (exact) mass is 300 g/mol. The molecule has 0 aromatic heterocycles. The molecule has 0 radical (unpaired) electrons. The lowest BCUT2D eigenvalue weighted by Gasteiger charge is -2.29. The summed E-state index contributed by atoms with van der Waals surface area (Å²) in [4.78, 5) is 11.6. The molecule has 0 saturated carbocycles. The lowest BCUT2D eigenvalue weighted by atomic mass is 9.92. The van der Waals surface area contributed by atoms with Crippen molar-refractivity contribution < 1.29 is 19.0 Å². The summed E-state index contributed by atoms with van der Waals surface area (Å²) in [7, 11) is 0. The first-order valence-electron chi connectivity index (χ1n) is 8.33. The first-order chi connectivity index (χ1) is 9.92. The zero-order valence-electron chi connectivity index (χ0n) is 14.2. The van der Waals surface area contributed by atoms with Crippen LogP contribution in [-0.2, 0) is 19.0 Å². The maximum absolute atomic E-state index is 11.6. The second-order valence-electron chi connectivity index (χ2n) is 6.84. The highest BCUT2D eigenvalue weighted by Crippen LogP contribution is 2.22. The molecule has 124 valence electrons. The van der Waals surface area contributed by atoms with Crippen molar-refractivity contribution in [3.05, 3.63) is 0 Å². The molecule has 4 nitrogen and oxygen atoms in total. The van der Waals surface area contributed by atoms with Crippen molar-refractivity contribution in [1.29, 1.82) is 0 Å². The summed E-state index contributed by atoms with van der Waals surface area (Å²) in [6.07, 6.45) is 6.18. The lowest BCUT2D eigenvalue weighted by Crippen LogP contribution is -2.34. The summed E-state index contributed by atoms with van der Waals surface area (Å²) in [5.41, 5.74) is -0.372. The molecule has 1 saturated heterocycles. The highest BCUT2D eigenvalue weighted by molar-refractivity contribution is 5.69. The van der Waals surface area contributed by atoms with Gasteiger partial charge in [-0.2, -0.15) is 0 Å². The van der Waals surface area contributed by atoms with Crippen LogP contribution in [0.2, 0.25) is 0 Å². The maximum Gasteiger partial charge on any atom is 0.306 e. The Morgan fingerprint density at radius 3 is 2.57 bits per heavy atom. The summed E-state index contributed by atoms with van der Waals surface area (Å²) in [5.74, 6) is 0.491. The van der Waals surface area contributed by atoms with Crippen LogP contribution in [0.1, 0.15) is 66.2 Å². The molecular weight excluding hydrogens is 268 g/mol. The van der Waals surface area contributed by atoms with Crippen LogP contribution >= 0.6 is 0 Å². The predicted octanol–water partition coefficient (Wildman–Crippen LogP) is 3.72. The highest BCUT2D eigenvalue weighted by atomic mass is 16.6. The maximum atomic E-state index is 11.6. The number of hydrogen-bond acceptors (Lipinski definition) is 4. The molecule has 0 bridgehead atoms. The molecule has 1 aliphatic heterocycles. The first kappa shape index (κ1) is 18.4. The van der Waals surface area contributed by atoms with Crippen LogP contribution in [0.5, 0.6) is 0 Å². The van der Waals surface area contributed by atoms with E-state index in [-0.39, 0.29) is 17.7 Å². The van der Waals surface area contributed by atoms with E-state index >= 15 is 0 Å². The molecule has 0 aromatic rings. The van der Waals surface area contributed by atoms with Gasteiger partial charge in [-0.25, -0.2) is 0 Å². The van der Waals surface area contributed by atoms with Gasteiger partial charge in [-0.05, 0) is 39.5 Å². The fraction of sp³-hybridized carbons (Fsp3) is 0.941. The summed E-state index contributed by atoms with van der Waals surface area (Å²) in [5, 5.41) is 0. The van der Waals surface area contributed by atoms with Gasteiger partial charge in [-0.1, -0.05) is 26.2 Å². The summed E-state index contributed by atoms with van der Waals surface area (Å²) in [6.45, 7) is 10.1. The second kappa shape index (κ2) is 9.42. The van der Waals surface area contributed by atoms with Crippen LogP contribution in [-0.4, -0.2) is 37.5 Å². The summed E-state index contributed by atoms with van der Waals surface area (Å²) < 4.78 is 16.6. The molecule has 1 fully saturated rings. The van der Waals surface area contributed by atoms with Crippen molar-refractivity contribution in [2.45, 2.75) is 77.9 Å². The molecule has 0 aliphatic carbocycles. The van der Waals surface area contributed by atoms with Gasteiger partial charge in [0.1, 0.15) is 5.60 Å². The third-order valence-electron chi connectivity index (χ3n) is 3.77. The van der Waals surface area contributed by atoms with Gasteiger partial charge >= 0.3 is 5.97 Å². The molecule has 1 aliphatic rings. The molecule has 1 rings (SSSR count). The average Bonchev–Trinajstić information content (AvgIpc) is 2.42. The number of carbonyl (C=O) groups excluding carboxylic acids is 1. The number of unbranched alkanes of at least 4 members (excludes halogenated alkanes) is 2. The summed E-state index contributed by atoms with van der Waals surface area (Å²) in [6, 6.07) is 0. The Morgan fingerprint density at radius 1 is 1.24 bits per heavy atom. The Kier molecular flexibility index (Phi) is 8.27. The third-order valence-corrected chi connectivity index (χ3v) is 3.77. The van der Waals surface area contributed by atoms with E-state index in [1.54, 1.807) is 0 Å². The number of ether oxygens (including phenoxy) is 3. The minimum atomic E-state index is -0.372. The standard InChI is InChI=1S/C17H32O4/c1-5-14(15-13-19-11-12-20-15)9-7-6-8-10-16(18)21-17(2,3)4/h14-15H,5-13H2,1-4H3. The van der Waals surface area contributed by atoms with Crippen LogP contribution < -0.4 is 0 Å². The van der Waals surface area contributed by atoms with Crippen LogP contribution in [0.3, 0.4) is 0 Å². The predicted molar refractivity (Wildman–Crippen MR) is 83.3 cm³/mol. The van der Waals surface area contributed by atoms with Crippen molar-refractivity contribution in [2.75, 3.05) is 19.8 Å². The Bertz CT molecular complexity index is 290. The zero-order valence-corrected chi connectivity index (χ0v) is 14.2. The fourth-order valence-electron chi connectivity index (χ4n) is 2.68. The average molecular weight is 300 g/mol. The molecular formula is C17H32O4. The van der Waals surface area contributed by atoms with Gasteiger partial charge < -0.3 is 14.2 Å². The minimum Gasteiger partial charge on any atom is -0.460 e. The van der Waals surface area contributed by atoms with E-state index in [1.165, 1.54) is 0 Å². The van der Waals surface area contributed by atoms with Gasteiger partial charge in [0.2, 0.25) is 0 Å². The van der Waals surface area contributed by atoms with E-state index in [0.717, 1.165) is 51.9 Å². The lowest BCUT2D eigenvalue weighted by molar-refractivity contribution is -0.154. The van der Waals surface area contributed by atoms with Crippen molar-refractivity contribution in [3.8, 4) is 0 Å². The molecule has 1 heterocycles. The quantitative estimate of drug-likeness (QED) is 0.506. The van der Waals surface area contributed by atoms with Crippen LogP contribution in [0.25, 0.3) is 0 Å². The van der Waals surface area contributed by atoms with Gasteiger partial charge in [0, 0.05) is 6.42 Å². The Hall–Kier alpha value is -0.610. The molecule has 0 spiro atoms. The van der Waals surface area contributed by atoms with E-state index in [9.17, 15) is 4.79 Å². The van der Waals surface area contributed by atoms with Crippen molar-refractivity contribution in [3.63, 3.8) is 0 Å². The SMILES string of the molecule is CCC(CCCCCC(=O)OC(C)(C)C)C1COCCO1. The normalized spacial score (nSPS) is 21.0. The Labute approximate surface area is 129 Å². The molecule has 2 atom stereocenters. The number of hydrogen-bond donors (Lipinski definition) is 0. The van der Waals surface area contributed by atoms with Crippen LogP contribution in [0, 0.1) is 5.92 Å². The topological polar surface area (TPSA) is 44.8 Å². The highest BCUT2D eigenvalue weighted by Gasteiger charge is 2.23. The minimum absolute atomic E-state index is 0.0847. The van der Waals surface area contributed by atoms with E-state index in [0.29, 0.717) is 12.3 Å². The Balaban J connectivity index is 2.10. The number of rotatable bonds is 8. The van der Waals surface area contributed by atoms with E-state index in [2.05, 4.69) is 6.92 Å². The molecule has 0 amide bonds. The molecule has 0 aromatic carbocycles. The van der Waals surface area contributed by atoms with Crippen LogP contribution in [0.4, 0.5) is 0 Å². The largest absolute Gasteiger partial charge is 0.460 e. The molecule has 0 N–H and O–H groups in total. The molecule has 4 heteroatoms. The Morgan fingerprint density at radius 2 is 2.00 bits per heavy atom. The molecule has 21 heavy (non-hydrogen) atoms. The van der Waals surface area contributed by atoms with E-state index < -0.39 is 0 Å². The summed E-state index contributed by atoms with van der Waals surface area (Å²) >= 11 is 0. The first-order valence-corrected chi connectivity index (χ1v) is 8.33. The van der Waals surface area contributed by atoms with Crippen molar-refractivity contribution in [2.24, 2.45) is 5.92 Å². The van der Waals surface area contributed by atoms with Crippen molar-refractivity contribution in [1.82, 2.24) is 0 Å². The zero-order chi connectivity index (χ0) is 15.7. The number of esters is 1. The van der Waals surface area contributed by atoms with Gasteiger partial charge in [0.05, 0.1) is 25.9 Å². The second-order valence-corrected chi connectivity index (χ2v) is 6.84. The molecule has 2 unspecified atom stereocenters. The number of carbonyl (C=O) groups is 1. The van der Waals surface area contributed by atoms with Gasteiger partial charge in [-0.15, -0.1) is 0 Å². The van der Waals surface area contributed by atoms with E-state index in [1.807, 2.05) is 20.8 Å². The van der Waals surface area contributed by atoms with Gasteiger partial charge in [-0.3, -0.25) is 4.79 Å². The smallest absolute Gasteiger partial charge is 0.306 e. The van der Waals surface area contributed by atoms with Crippen LogP contribution in [0.15, 0.2) is 0 Å². The van der Waals surface area contributed by atoms with Gasteiger partial charge in [0.25, 0.3) is 0 Å².